The third-order valence-corrected chi connectivity index (χ3v) is 5.29. The summed E-state index contributed by atoms with van der Waals surface area (Å²) in [7, 11) is 1.58. The molecule has 150 valence electrons. The van der Waals surface area contributed by atoms with Crippen molar-refractivity contribution in [3.63, 3.8) is 0 Å². The number of hydrogen-bond donors (Lipinski definition) is 2. The molecule has 0 saturated carbocycles. The molecule has 2 aliphatic heterocycles. The van der Waals surface area contributed by atoms with Crippen LogP contribution in [0.2, 0.25) is 5.02 Å². The van der Waals surface area contributed by atoms with Crippen LogP contribution in [0.4, 0.5) is 5.69 Å². The lowest BCUT2D eigenvalue weighted by atomic mass is 10.0. The topological polar surface area (TPSA) is 73.9 Å². The fourth-order valence-corrected chi connectivity index (χ4v) is 3.64. The van der Waals surface area contributed by atoms with Crippen molar-refractivity contribution in [3.05, 3.63) is 71.5 Å². The zero-order chi connectivity index (χ0) is 20.4. The Bertz CT molecular complexity index is 930. The minimum Gasteiger partial charge on any atom is -0.497 e. The Labute approximate surface area is 173 Å². The number of amides is 2. The predicted molar refractivity (Wildman–Crippen MR) is 110 cm³/mol. The van der Waals surface area contributed by atoms with E-state index in [2.05, 4.69) is 10.7 Å². The number of rotatable bonds is 5. The summed E-state index contributed by atoms with van der Waals surface area (Å²) >= 11 is 5.96. The van der Waals surface area contributed by atoms with Crippen molar-refractivity contribution in [2.45, 2.75) is 18.5 Å². The Kier molecular flexibility index (Phi) is 5.42. The normalized spacial score (nSPS) is 20.6. The van der Waals surface area contributed by atoms with E-state index in [1.54, 1.807) is 48.8 Å². The number of nitrogens with one attached hydrogen (secondary N) is 2. The first-order chi connectivity index (χ1) is 14.0. The van der Waals surface area contributed by atoms with Gasteiger partial charge in [-0.2, -0.15) is 0 Å². The van der Waals surface area contributed by atoms with Crippen LogP contribution in [0.15, 0.2) is 60.9 Å². The van der Waals surface area contributed by atoms with Crippen LogP contribution >= 0.6 is 11.6 Å². The first-order valence-electron chi connectivity index (χ1n) is 9.26. The minimum absolute atomic E-state index is 0.0129. The number of methoxy groups -OCH3 is 1. The van der Waals surface area contributed by atoms with Crippen molar-refractivity contribution in [1.29, 1.82) is 0 Å². The molecule has 2 aromatic carbocycles. The Balaban J connectivity index is 1.37. The van der Waals surface area contributed by atoms with Crippen LogP contribution in [0, 0.1) is 0 Å². The van der Waals surface area contributed by atoms with Gasteiger partial charge in [-0.15, -0.1) is 0 Å². The quantitative estimate of drug-likeness (QED) is 0.789. The highest BCUT2D eigenvalue weighted by molar-refractivity contribution is 6.30. The van der Waals surface area contributed by atoms with Gasteiger partial charge in [0.2, 0.25) is 5.91 Å². The number of anilines is 1. The van der Waals surface area contributed by atoms with Crippen molar-refractivity contribution >= 4 is 29.1 Å². The van der Waals surface area contributed by atoms with E-state index in [9.17, 15) is 9.59 Å². The van der Waals surface area contributed by atoms with Gasteiger partial charge in [0.15, 0.2) is 0 Å². The zero-order valence-electron chi connectivity index (χ0n) is 15.8. The van der Waals surface area contributed by atoms with Gasteiger partial charge in [0.25, 0.3) is 5.91 Å². The van der Waals surface area contributed by atoms with Gasteiger partial charge >= 0.3 is 0 Å². The van der Waals surface area contributed by atoms with Gasteiger partial charge in [0.1, 0.15) is 18.3 Å². The maximum absolute atomic E-state index is 12.9. The number of carbonyl (C=O) groups excluding carboxylic acids is 2. The summed E-state index contributed by atoms with van der Waals surface area (Å²) in [5.41, 5.74) is 5.04. The highest BCUT2D eigenvalue weighted by Gasteiger charge is 2.40. The molecule has 0 aliphatic carbocycles. The van der Waals surface area contributed by atoms with Gasteiger partial charge in [0, 0.05) is 23.1 Å². The number of hydrogen-bond acceptors (Lipinski definition) is 5. The minimum atomic E-state index is -0.352. The summed E-state index contributed by atoms with van der Waals surface area (Å²) in [5, 5.41) is 5.28. The molecular weight excluding hydrogens is 392 g/mol. The van der Waals surface area contributed by atoms with Crippen LogP contribution in [-0.2, 0) is 9.59 Å². The average Bonchev–Trinajstić information content (AvgIpc) is 3.16. The molecule has 0 spiro atoms. The van der Waals surface area contributed by atoms with E-state index in [0.717, 1.165) is 5.56 Å². The molecule has 2 heterocycles. The van der Waals surface area contributed by atoms with Crippen molar-refractivity contribution in [1.82, 2.24) is 15.3 Å². The van der Waals surface area contributed by atoms with Crippen molar-refractivity contribution in [3.8, 4) is 5.75 Å². The number of benzene rings is 2. The molecule has 8 heteroatoms. The molecule has 1 fully saturated rings. The molecule has 2 atom stereocenters. The van der Waals surface area contributed by atoms with Crippen LogP contribution in [-0.4, -0.2) is 41.4 Å². The lowest BCUT2D eigenvalue weighted by Gasteiger charge is -2.31. The smallest absolute Gasteiger partial charge is 0.251 e. The Morgan fingerprint density at radius 3 is 2.59 bits per heavy atom. The molecule has 4 rings (SSSR count). The van der Waals surface area contributed by atoms with Gasteiger partial charge in [-0.1, -0.05) is 23.7 Å². The number of ether oxygens (including phenoxy) is 1. The van der Waals surface area contributed by atoms with Crippen LogP contribution < -0.4 is 15.5 Å². The van der Waals surface area contributed by atoms with Crippen molar-refractivity contribution in [2.75, 3.05) is 19.0 Å². The summed E-state index contributed by atoms with van der Waals surface area (Å²) < 4.78 is 5.10. The van der Waals surface area contributed by atoms with Gasteiger partial charge in [0.05, 0.1) is 13.2 Å². The Hall–Kier alpha value is -3.03. The van der Waals surface area contributed by atoms with Gasteiger partial charge in [-0.3, -0.25) is 9.59 Å². The van der Waals surface area contributed by atoms with Crippen LogP contribution in [0.1, 0.15) is 18.0 Å². The Morgan fingerprint density at radius 1 is 1.17 bits per heavy atom. The molecule has 0 radical (unpaired) electrons. The van der Waals surface area contributed by atoms with E-state index < -0.39 is 0 Å². The van der Waals surface area contributed by atoms with Crippen molar-refractivity contribution < 1.29 is 14.3 Å². The Morgan fingerprint density at radius 2 is 1.90 bits per heavy atom. The monoisotopic (exact) mass is 412 g/mol. The summed E-state index contributed by atoms with van der Waals surface area (Å²) in [6.45, 7) is -0.0443. The van der Waals surface area contributed by atoms with Crippen LogP contribution in [0.5, 0.6) is 5.75 Å². The predicted octanol–water partition coefficient (Wildman–Crippen LogP) is 2.92. The van der Waals surface area contributed by atoms with E-state index in [4.69, 9.17) is 16.3 Å². The highest BCUT2D eigenvalue weighted by atomic mass is 35.5. The molecule has 2 unspecified atom stereocenters. The first kappa shape index (κ1) is 19.3. The van der Waals surface area contributed by atoms with E-state index in [1.165, 1.54) is 4.90 Å². The standard InChI is InChI=1S/C21H21ClN4O3/c1-29-17-8-6-16(7-9-17)23-20(27)13-25-10-11-26-19(21(25)28)12-18(24-26)14-2-4-15(22)5-3-14/h2-11,18-19,24H,12-13H2,1H3,(H,23,27). The number of hydrazine groups is 1. The fourth-order valence-electron chi connectivity index (χ4n) is 3.51. The van der Waals surface area contributed by atoms with Crippen LogP contribution in [0.3, 0.4) is 0 Å². The molecular formula is C21H21ClN4O3. The molecule has 7 nitrogen and oxygen atoms in total. The molecule has 2 N–H and O–H groups in total. The zero-order valence-corrected chi connectivity index (χ0v) is 16.6. The summed E-state index contributed by atoms with van der Waals surface area (Å²) in [6.07, 6.45) is 4.04. The third-order valence-electron chi connectivity index (χ3n) is 5.04. The second-order valence-corrected chi connectivity index (χ2v) is 7.37. The summed E-state index contributed by atoms with van der Waals surface area (Å²) in [6, 6.07) is 14.3. The molecule has 0 aromatic heterocycles. The second kappa shape index (κ2) is 8.14. The molecule has 2 amide bonds. The largest absolute Gasteiger partial charge is 0.497 e. The highest BCUT2D eigenvalue weighted by Crippen LogP contribution is 2.31. The average molecular weight is 413 g/mol. The summed E-state index contributed by atoms with van der Waals surface area (Å²) in [5.74, 6) is 0.337. The third kappa shape index (κ3) is 4.21. The van der Waals surface area contributed by atoms with Gasteiger partial charge < -0.3 is 20.0 Å². The molecule has 2 aliphatic rings. The van der Waals surface area contributed by atoms with Gasteiger partial charge in [-0.05, 0) is 48.4 Å². The van der Waals surface area contributed by atoms with E-state index in [0.29, 0.717) is 22.9 Å². The molecule has 0 bridgehead atoms. The number of carbonyl (C=O) groups is 2. The van der Waals surface area contributed by atoms with Gasteiger partial charge in [-0.25, -0.2) is 5.43 Å². The summed E-state index contributed by atoms with van der Waals surface area (Å²) in [4.78, 5) is 26.7. The number of halogens is 1. The SMILES string of the molecule is COc1ccc(NC(=O)CN2C=CN3NC(c4ccc(Cl)cc4)CC3C2=O)cc1. The molecule has 2 aromatic rings. The van der Waals surface area contributed by atoms with E-state index >= 15 is 0 Å². The maximum atomic E-state index is 12.9. The van der Waals surface area contributed by atoms with E-state index in [1.807, 2.05) is 24.3 Å². The van der Waals surface area contributed by atoms with Crippen molar-refractivity contribution in [2.24, 2.45) is 0 Å². The number of nitrogens with zero attached hydrogens (tertiary/aromatic N) is 2. The lowest BCUT2D eigenvalue weighted by molar-refractivity contribution is -0.137. The second-order valence-electron chi connectivity index (χ2n) is 6.93. The molecule has 29 heavy (non-hydrogen) atoms. The van der Waals surface area contributed by atoms with E-state index in [-0.39, 0.29) is 30.4 Å². The molecule has 1 saturated heterocycles. The lowest BCUT2D eigenvalue weighted by Crippen LogP contribution is -2.49. The first-order valence-corrected chi connectivity index (χ1v) is 9.64. The maximum Gasteiger partial charge on any atom is 0.251 e. The number of fused-ring (bicyclic) bond motifs is 1. The fraction of sp³-hybridized carbons (Fsp3) is 0.238. The van der Waals surface area contributed by atoms with Crippen LogP contribution in [0.25, 0.3) is 0 Å².